The van der Waals surface area contributed by atoms with Crippen molar-refractivity contribution < 1.29 is 29.7 Å². The summed E-state index contributed by atoms with van der Waals surface area (Å²) in [6.45, 7) is 0.949. The molecule has 0 aliphatic rings. The highest BCUT2D eigenvalue weighted by Gasteiger charge is 1.88. The second-order valence-electron chi connectivity index (χ2n) is 3.57. The van der Waals surface area contributed by atoms with Crippen molar-refractivity contribution in [1.82, 2.24) is 31.4 Å². The van der Waals surface area contributed by atoms with Gasteiger partial charge in [0, 0.05) is 37.3 Å². The molecule has 15 heteroatoms. The number of aromatic nitrogens is 3. The molecule has 12 nitrogen and oxygen atoms in total. The SMILES string of the molecule is O=C(O)NCCCl.O=C(O)NCCCl.O=C(O)NCCCl.c1cnnnc1. The molecule has 0 spiro atoms. The molecule has 1 aromatic rings. The molecule has 0 saturated carbocycles. The topological polar surface area (TPSA) is 187 Å². The van der Waals surface area contributed by atoms with Crippen LogP contribution in [0.2, 0.25) is 0 Å². The van der Waals surface area contributed by atoms with Gasteiger partial charge in [-0.05, 0) is 11.3 Å². The van der Waals surface area contributed by atoms with Gasteiger partial charge in [0.05, 0.1) is 12.4 Å². The Labute approximate surface area is 170 Å². The lowest BCUT2D eigenvalue weighted by Gasteiger charge is -1.90. The van der Waals surface area contributed by atoms with Crippen molar-refractivity contribution in [1.29, 1.82) is 0 Å². The van der Waals surface area contributed by atoms with E-state index in [9.17, 15) is 14.4 Å². The molecule has 0 bridgehead atoms. The summed E-state index contributed by atoms with van der Waals surface area (Å²) in [5, 5.41) is 40.0. The molecule has 1 heterocycles. The molecular formula is C12H21Cl3N6O6. The molecule has 156 valence electrons. The monoisotopic (exact) mass is 450 g/mol. The number of amides is 3. The van der Waals surface area contributed by atoms with E-state index >= 15 is 0 Å². The second kappa shape index (κ2) is 25.9. The fourth-order valence-corrected chi connectivity index (χ4v) is 0.951. The zero-order valence-corrected chi connectivity index (χ0v) is 16.3. The lowest BCUT2D eigenvalue weighted by Crippen LogP contribution is -2.22. The first-order chi connectivity index (χ1) is 12.8. The van der Waals surface area contributed by atoms with Gasteiger partial charge < -0.3 is 31.3 Å². The van der Waals surface area contributed by atoms with Crippen molar-refractivity contribution in [2.75, 3.05) is 37.3 Å². The van der Waals surface area contributed by atoms with E-state index in [-0.39, 0.29) is 0 Å². The van der Waals surface area contributed by atoms with Crippen LogP contribution in [-0.4, -0.2) is 86.3 Å². The number of alkyl halides is 3. The van der Waals surface area contributed by atoms with E-state index in [0.29, 0.717) is 37.3 Å². The lowest BCUT2D eigenvalue weighted by molar-refractivity contribution is 0.194. The average molecular weight is 452 g/mol. The standard InChI is InChI=1S/3C3H6ClNO2.C3H3N3/c3*4-1-2-5-3(6)7;1-2-4-6-5-3-1/h3*5H,1-2H2,(H,6,7);1-3H. The fraction of sp³-hybridized carbons (Fsp3) is 0.500. The molecule has 0 radical (unpaired) electrons. The van der Waals surface area contributed by atoms with E-state index in [0.717, 1.165) is 0 Å². The average Bonchev–Trinajstić information content (AvgIpc) is 2.65. The van der Waals surface area contributed by atoms with Gasteiger partial charge in [-0.2, -0.15) is 0 Å². The number of hydrogen-bond acceptors (Lipinski definition) is 6. The normalized spacial score (nSPS) is 8.11. The van der Waals surface area contributed by atoms with E-state index in [1.54, 1.807) is 18.5 Å². The van der Waals surface area contributed by atoms with Gasteiger partial charge >= 0.3 is 18.3 Å². The number of hydrogen-bond donors (Lipinski definition) is 6. The molecule has 0 atom stereocenters. The second-order valence-corrected chi connectivity index (χ2v) is 4.71. The third-order valence-electron chi connectivity index (χ3n) is 1.52. The Balaban J connectivity index is -0.000000285. The minimum absolute atomic E-state index is 0.316. The van der Waals surface area contributed by atoms with E-state index in [1.165, 1.54) is 0 Å². The van der Waals surface area contributed by atoms with Crippen molar-refractivity contribution in [3.05, 3.63) is 18.5 Å². The third-order valence-corrected chi connectivity index (χ3v) is 2.09. The van der Waals surface area contributed by atoms with Gasteiger partial charge in [-0.1, -0.05) is 0 Å². The van der Waals surface area contributed by atoms with Crippen LogP contribution in [0.4, 0.5) is 14.4 Å². The highest BCUT2D eigenvalue weighted by molar-refractivity contribution is 6.18. The Morgan fingerprint density at radius 2 is 1.00 bits per heavy atom. The summed E-state index contributed by atoms with van der Waals surface area (Å²) in [5.41, 5.74) is 0. The molecule has 0 fully saturated rings. The van der Waals surface area contributed by atoms with Crippen molar-refractivity contribution in [3.63, 3.8) is 0 Å². The van der Waals surface area contributed by atoms with Crippen molar-refractivity contribution >= 4 is 53.1 Å². The molecule has 0 saturated heterocycles. The van der Waals surface area contributed by atoms with Crippen LogP contribution in [0.25, 0.3) is 0 Å². The molecule has 0 aromatic carbocycles. The van der Waals surface area contributed by atoms with E-state index in [2.05, 4.69) is 31.4 Å². The van der Waals surface area contributed by atoms with Crippen LogP contribution in [0, 0.1) is 0 Å². The Hall–Kier alpha value is -2.31. The molecule has 1 rings (SSSR count). The van der Waals surface area contributed by atoms with Crippen LogP contribution in [0.15, 0.2) is 18.5 Å². The first-order valence-corrected chi connectivity index (χ1v) is 8.58. The van der Waals surface area contributed by atoms with Gasteiger partial charge in [0.15, 0.2) is 0 Å². The zero-order chi connectivity index (χ0) is 21.3. The molecule has 3 amide bonds. The third kappa shape index (κ3) is 45.3. The number of carbonyl (C=O) groups is 3. The molecule has 0 aliphatic carbocycles. The Kier molecular flexibility index (Phi) is 28.3. The Morgan fingerprint density at radius 3 is 1.07 bits per heavy atom. The Morgan fingerprint density at radius 1 is 0.704 bits per heavy atom. The van der Waals surface area contributed by atoms with E-state index < -0.39 is 18.3 Å². The van der Waals surface area contributed by atoms with Crippen LogP contribution in [-0.2, 0) is 0 Å². The van der Waals surface area contributed by atoms with Gasteiger partial charge in [0.2, 0.25) is 0 Å². The summed E-state index contributed by atoms with van der Waals surface area (Å²) in [7, 11) is 0. The van der Waals surface area contributed by atoms with Crippen molar-refractivity contribution in [3.8, 4) is 0 Å². The highest BCUT2D eigenvalue weighted by atomic mass is 35.5. The van der Waals surface area contributed by atoms with E-state index in [4.69, 9.17) is 50.1 Å². The van der Waals surface area contributed by atoms with Crippen LogP contribution in [0.3, 0.4) is 0 Å². The largest absolute Gasteiger partial charge is 0.465 e. The molecule has 0 unspecified atom stereocenters. The summed E-state index contributed by atoms with van der Waals surface area (Å²) in [6.07, 6.45) is 0.0712. The number of nitrogens with zero attached hydrogens (tertiary/aromatic N) is 3. The van der Waals surface area contributed by atoms with Crippen LogP contribution < -0.4 is 16.0 Å². The maximum atomic E-state index is 9.59. The summed E-state index contributed by atoms with van der Waals surface area (Å²) in [4.78, 5) is 28.8. The maximum Gasteiger partial charge on any atom is 0.404 e. The summed E-state index contributed by atoms with van der Waals surface area (Å²) in [5.74, 6) is 0.977. The smallest absolute Gasteiger partial charge is 0.404 e. The number of nitrogens with one attached hydrogen (secondary N) is 3. The first kappa shape index (κ1) is 29.5. The molecule has 6 N–H and O–H groups in total. The molecule has 27 heavy (non-hydrogen) atoms. The van der Waals surface area contributed by atoms with Gasteiger partial charge in [0.1, 0.15) is 0 Å². The highest BCUT2D eigenvalue weighted by Crippen LogP contribution is 1.69. The van der Waals surface area contributed by atoms with Gasteiger partial charge in [-0.15, -0.1) is 45.0 Å². The molecule has 0 aliphatic heterocycles. The number of carboxylic acid groups (broad SMARTS) is 3. The summed E-state index contributed by atoms with van der Waals surface area (Å²) < 4.78 is 0. The lowest BCUT2D eigenvalue weighted by atomic mass is 10.7. The molecule has 1 aromatic heterocycles. The van der Waals surface area contributed by atoms with Gasteiger partial charge in [-0.3, -0.25) is 0 Å². The minimum Gasteiger partial charge on any atom is -0.465 e. The fourth-order valence-electron chi connectivity index (χ4n) is 0.667. The zero-order valence-electron chi connectivity index (χ0n) is 14.0. The predicted molar refractivity (Wildman–Crippen MR) is 100 cm³/mol. The van der Waals surface area contributed by atoms with Gasteiger partial charge in [-0.25, -0.2) is 14.4 Å². The number of halogens is 3. The minimum atomic E-state index is -1.03. The summed E-state index contributed by atoms with van der Waals surface area (Å²) >= 11 is 15.4. The summed E-state index contributed by atoms with van der Waals surface area (Å²) in [6, 6.07) is 1.72. The quantitative estimate of drug-likeness (QED) is 0.347. The predicted octanol–water partition coefficient (Wildman–Crippen LogP) is 1.35. The van der Waals surface area contributed by atoms with Crippen LogP contribution in [0.5, 0.6) is 0 Å². The molecular weight excluding hydrogens is 431 g/mol. The van der Waals surface area contributed by atoms with Crippen LogP contribution in [0.1, 0.15) is 0 Å². The van der Waals surface area contributed by atoms with Crippen molar-refractivity contribution in [2.45, 2.75) is 0 Å². The van der Waals surface area contributed by atoms with Gasteiger partial charge in [0.25, 0.3) is 0 Å². The van der Waals surface area contributed by atoms with Crippen LogP contribution >= 0.6 is 34.8 Å². The van der Waals surface area contributed by atoms with Crippen molar-refractivity contribution in [2.24, 2.45) is 0 Å². The first-order valence-electron chi connectivity index (χ1n) is 6.98. The Bertz CT molecular complexity index is 405. The number of rotatable bonds is 6. The van der Waals surface area contributed by atoms with E-state index in [1.807, 2.05) is 0 Å². The maximum absolute atomic E-state index is 9.59.